The van der Waals surface area contributed by atoms with Crippen molar-refractivity contribution < 1.29 is 42.2 Å². The Bertz CT molecular complexity index is 1490. The van der Waals surface area contributed by atoms with Crippen molar-refractivity contribution >= 4 is 29.5 Å². The summed E-state index contributed by atoms with van der Waals surface area (Å²) in [6.07, 6.45) is -0.426. The number of ether oxygens (including phenoxy) is 3. The second kappa shape index (κ2) is 11.0. The molecule has 3 aromatic carbocycles. The number of nitrogens with zero attached hydrogens (tertiary/aromatic N) is 1. The number of rotatable bonds is 7. The van der Waals surface area contributed by atoms with Gasteiger partial charge in [0.15, 0.2) is 17.4 Å². The summed E-state index contributed by atoms with van der Waals surface area (Å²) in [5.74, 6) is -3.15. The SMILES string of the molecule is COc1c(COC(=O)Nc2ccc(Oc3c(F)cccc3F)cc2)ccc2c1C(=O)N(C1CCC(=O)NC1=O)C2. The Morgan fingerprint density at radius 3 is 2.42 bits per heavy atom. The molecule has 2 heterocycles. The molecule has 206 valence electrons. The Morgan fingerprint density at radius 1 is 1.02 bits per heavy atom. The number of halogens is 2. The third-order valence-corrected chi connectivity index (χ3v) is 6.53. The van der Waals surface area contributed by atoms with Crippen molar-refractivity contribution in [2.24, 2.45) is 0 Å². The van der Waals surface area contributed by atoms with Crippen LogP contribution in [0.25, 0.3) is 0 Å². The number of methoxy groups -OCH3 is 1. The molecular weight excluding hydrogens is 528 g/mol. The molecule has 0 bridgehead atoms. The molecule has 0 radical (unpaired) electrons. The summed E-state index contributed by atoms with van der Waals surface area (Å²) in [5, 5.41) is 4.79. The molecular formula is C28H23F2N3O7. The number of benzene rings is 3. The van der Waals surface area contributed by atoms with Crippen LogP contribution in [0.2, 0.25) is 0 Å². The lowest BCUT2D eigenvalue weighted by Gasteiger charge is -2.29. The fourth-order valence-electron chi connectivity index (χ4n) is 4.61. The molecule has 0 aliphatic carbocycles. The minimum atomic E-state index is -0.849. The zero-order chi connectivity index (χ0) is 28.4. The molecule has 1 saturated heterocycles. The van der Waals surface area contributed by atoms with Crippen LogP contribution in [0.4, 0.5) is 19.3 Å². The highest BCUT2D eigenvalue weighted by atomic mass is 19.1. The van der Waals surface area contributed by atoms with Crippen LogP contribution in [-0.4, -0.2) is 41.9 Å². The lowest BCUT2D eigenvalue weighted by Crippen LogP contribution is -2.52. The molecule has 0 aromatic heterocycles. The minimum Gasteiger partial charge on any atom is -0.495 e. The number of hydrogen-bond acceptors (Lipinski definition) is 7. The fraction of sp³-hybridized carbons (Fsp3) is 0.214. The van der Waals surface area contributed by atoms with Crippen LogP contribution in [-0.2, 0) is 27.5 Å². The Balaban J connectivity index is 1.21. The number of carbonyl (C=O) groups excluding carboxylic acids is 4. The van der Waals surface area contributed by atoms with Crippen molar-refractivity contribution in [1.29, 1.82) is 0 Å². The van der Waals surface area contributed by atoms with Gasteiger partial charge in [0.2, 0.25) is 11.8 Å². The van der Waals surface area contributed by atoms with Gasteiger partial charge < -0.3 is 19.1 Å². The average molecular weight is 552 g/mol. The van der Waals surface area contributed by atoms with Gasteiger partial charge in [0.25, 0.3) is 5.91 Å². The normalized spacial score (nSPS) is 16.3. The molecule has 0 saturated carbocycles. The van der Waals surface area contributed by atoms with Crippen molar-refractivity contribution in [3.05, 3.63) is 82.9 Å². The zero-order valence-electron chi connectivity index (χ0n) is 21.2. The number of hydrogen-bond donors (Lipinski definition) is 2. The summed E-state index contributed by atoms with van der Waals surface area (Å²) < 4.78 is 43.7. The molecule has 1 atom stereocenters. The van der Waals surface area contributed by atoms with Gasteiger partial charge in [-0.3, -0.25) is 25.0 Å². The molecule has 12 heteroatoms. The number of piperidine rings is 1. The standard InChI is InChI=1S/C28H23F2N3O7/c1-38-24-16(6-5-15-13-33(27(36)23(15)24)21-11-12-22(34)32-26(21)35)14-39-28(37)31-17-7-9-18(10-8-17)40-25-19(29)3-2-4-20(25)30/h2-10,21H,11-14H2,1H3,(H,31,37)(H,32,34,35). The van der Waals surface area contributed by atoms with Crippen molar-refractivity contribution in [3.63, 3.8) is 0 Å². The highest BCUT2D eigenvalue weighted by Crippen LogP contribution is 2.36. The minimum absolute atomic E-state index is 0.141. The van der Waals surface area contributed by atoms with Crippen LogP contribution in [0.3, 0.4) is 0 Å². The van der Waals surface area contributed by atoms with Gasteiger partial charge in [-0.05, 0) is 48.4 Å². The fourth-order valence-corrected chi connectivity index (χ4v) is 4.61. The monoisotopic (exact) mass is 551 g/mol. The zero-order valence-corrected chi connectivity index (χ0v) is 21.2. The Hall–Kier alpha value is -5.00. The molecule has 0 spiro atoms. The van der Waals surface area contributed by atoms with Crippen molar-refractivity contribution in [1.82, 2.24) is 10.2 Å². The van der Waals surface area contributed by atoms with E-state index < -0.39 is 41.3 Å². The van der Waals surface area contributed by atoms with Gasteiger partial charge in [-0.2, -0.15) is 0 Å². The van der Waals surface area contributed by atoms with Crippen LogP contribution in [0.1, 0.15) is 34.3 Å². The van der Waals surface area contributed by atoms with Crippen LogP contribution in [0.15, 0.2) is 54.6 Å². The predicted octanol–water partition coefficient (Wildman–Crippen LogP) is 4.28. The van der Waals surface area contributed by atoms with E-state index in [1.54, 1.807) is 12.1 Å². The maximum atomic E-state index is 13.8. The van der Waals surface area contributed by atoms with Crippen molar-refractivity contribution in [2.45, 2.75) is 32.0 Å². The molecule has 10 nitrogen and oxygen atoms in total. The molecule has 5 rings (SSSR count). The highest BCUT2D eigenvalue weighted by Gasteiger charge is 2.41. The third-order valence-electron chi connectivity index (χ3n) is 6.53. The summed E-state index contributed by atoms with van der Waals surface area (Å²) in [7, 11) is 1.39. The lowest BCUT2D eigenvalue weighted by molar-refractivity contribution is -0.136. The number of carbonyl (C=O) groups is 4. The van der Waals surface area contributed by atoms with Gasteiger partial charge in [0.1, 0.15) is 24.1 Å². The van der Waals surface area contributed by atoms with E-state index >= 15 is 0 Å². The maximum Gasteiger partial charge on any atom is 0.411 e. The number of amides is 4. The smallest absolute Gasteiger partial charge is 0.411 e. The van der Waals surface area contributed by atoms with E-state index in [4.69, 9.17) is 14.2 Å². The van der Waals surface area contributed by atoms with Gasteiger partial charge in [-0.25, -0.2) is 13.6 Å². The average Bonchev–Trinajstić information content (AvgIpc) is 3.26. The Labute approximate surface area is 226 Å². The first-order valence-electron chi connectivity index (χ1n) is 12.2. The van der Waals surface area contributed by atoms with Crippen LogP contribution in [0.5, 0.6) is 17.2 Å². The first kappa shape index (κ1) is 26.6. The number of para-hydroxylation sites is 1. The quantitative estimate of drug-likeness (QED) is 0.421. The highest BCUT2D eigenvalue weighted by molar-refractivity contribution is 6.06. The molecule has 3 aromatic rings. The van der Waals surface area contributed by atoms with Gasteiger partial charge in [-0.15, -0.1) is 0 Å². The van der Waals surface area contributed by atoms with Gasteiger partial charge >= 0.3 is 6.09 Å². The molecule has 2 aliphatic heterocycles. The van der Waals surface area contributed by atoms with E-state index in [0.29, 0.717) is 16.8 Å². The molecule has 1 fully saturated rings. The van der Waals surface area contributed by atoms with Crippen LogP contribution >= 0.6 is 0 Å². The van der Waals surface area contributed by atoms with E-state index in [1.807, 2.05) is 0 Å². The number of imide groups is 1. The molecule has 2 N–H and O–H groups in total. The first-order valence-corrected chi connectivity index (χ1v) is 12.2. The Morgan fingerprint density at radius 2 is 1.75 bits per heavy atom. The summed E-state index contributed by atoms with van der Waals surface area (Å²) in [6, 6.07) is 11.7. The summed E-state index contributed by atoms with van der Waals surface area (Å²) in [5.41, 5.74) is 1.70. The second-order valence-corrected chi connectivity index (χ2v) is 9.07. The first-order chi connectivity index (χ1) is 19.2. The third kappa shape index (κ3) is 5.28. The van der Waals surface area contributed by atoms with Gasteiger partial charge in [-0.1, -0.05) is 18.2 Å². The molecule has 1 unspecified atom stereocenters. The van der Waals surface area contributed by atoms with E-state index in [1.165, 1.54) is 42.3 Å². The number of fused-ring (bicyclic) bond motifs is 1. The number of nitrogens with one attached hydrogen (secondary N) is 2. The molecule has 4 amide bonds. The summed E-state index contributed by atoms with van der Waals surface area (Å²) in [4.78, 5) is 50.8. The van der Waals surface area contributed by atoms with Gasteiger partial charge in [0.05, 0.1) is 12.7 Å². The van der Waals surface area contributed by atoms with Crippen LogP contribution < -0.4 is 20.1 Å². The molecule has 2 aliphatic rings. The lowest BCUT2D eigenvalue weighted by atomic mass is 10.0. The maximum absolute atomic E-state index is 13.8. The second-order valence-electron chi connectivity index (χ2n) is 9.07. The number of anilines is 1. The predicted molar refractivity (Wildman–Crippen MR) is 136 cm³/mol. The van der Waals surface area contributed by atoms with Gasteiger partial charge in [0, 0.05) is 24.2 Å². The Kier molecular flexibility index (Phi) is 7.32. The van der Waals surface area contributed by atoms with Crippen molar-refractivity contribution in [2.75, 3.05) is 12.4 Å². The topological polar surface area (TPSA) is 123 Å². The molecule has 40 heavy (non-hydrogen) atoms. The van der Waals surface area contributed by atoms with E-state index in [9.17, 15) is 28.0 Å². The van der Waals surface area contributed by atoms with E-state index in [0.717, 1.165) is 12.1 Å². The van der Waals surface area contributed by atoms with Crippen molar-refractivity contribution in [3.8, 4) is 17.2 Å². The summed E-state index contributed by atoms with van der Waals surface area (Å²) in [6.45, 7) is -0.0383. The van der Waals surface area contributed by atoms with E-state index in [2.05, 4.69) is 10.6 Å². The van der Waals surface area contributed by atoms with Crippen LogP contribution in [0, 0.1) is 11.6 Å². The largest absolute Gasteiger partial charge is 0.495 e. The van der Waals surface area contributed by atoms with E-state index in [-0.39, 0.29) is 49.0 Å². The summed E-state index contributed by atoms with van der Waals surface area (Å²) >= 11 is 0.